The highest BCUT2D eigenvalue weighted by atomic mass is 32.2. The molecule has 2 aliphatic rings. The summed E-state index contributed by atoms with van der Waals surface area (Å²) in [6, 6.07) is 12.8. The number of aromatic nitrogens is 1. The zero-order valence-corrected chi connectivity index (χ0v) is 24.6. The molecule has 1 fully saturated rings. The maximum Gasteiger partial charge on any atom is 0.343 e. The van der Waals surface area contributed by atoms with Crippen LogP contribution in [0.3, 0.4) is 0 Å². The van der Waals surface area contributed by atoms with Crippen molar-refractivity contribution in [1.82, 2.24) is 8.87 Å². The van der Waals surface area contributed by atoms with Crippen molar-refractivity contribution < 1.29 is 27.1 Å². The summed E-state index contributed by atoms with van der Waals surface area (Å²) in [6.07, 6.45) is 3.18. The summed E-state index contributed by atoms with van der Waals surface area (Å²) in [4.78, 5) is 26.2. The van der Waals surface area contributed by atoms with Crippen LogP contribution in [0.1, 0.15) is 65.8 Å². The van der Waals surface area contributed by atoms with E-state index < -0.39 is 33.3 Å². The second-order valence-electron chi connectivity index (χ2n) is 10.8. The summed E-state index contributed by atoms with van der Waals surface area (Å²) in [5.74, 6) is -1.26. The number of ether oxygens (including phenoxy) is 2. The number of aryl methyl sites for hydroxylation is 1. The van der Waals surface area contributed by atoms with Gasteiger partial charge < -0.3 is 14.0 Å². The average Bonchev–Trinajstić information content (AvgIpc) is 3.76. The van der Waals surface area contributed by atoms with Crippen molar-refractivity contribution in [1.29, 1.82) is 0 Å². The number of carbonyl (C=O) groups excluding carboxylic acids is 1. The molecular formula is C32H31FN2O6S. The Hall–Kier alpha value is -4.02. The van der Waals surface area contributed by atoms with Crippen molar-refractivity contribution in [2.24, 2.45) is 0 Å². The maximum atomic E-state index is 16.0. The summed E-state index contributed by atoms with van der Waals surface area (Å²) in [7, 11) is -2.35. The highest BCUT2D eigenvalue weighted by Gasteiger charge is 2.37. The molecule has 2 heterocycles. The van der Waals surface area contributed by atoms with Gasteiger partial charge in [0, 0.05) is 24.8 Å². The van der Waals surface area contributed by atoms with Gasteiger partial charge in [0.2, 0.25) is 15.5 Å². The minimum Gasteiger partial charge on any atom is -0.494 e. The number of nitrogens with zero attached hydrogens (tertiary/aromatic N) is 2. The largest absolute Gasteiger partial charge is 0.494 e. The molecule has 1 unspecified atom stereocenters. The smallest absolute Gasteiger partial charge is 0.343 e. The Morgan fingerprint density at radius 1 is 1.10 bits per heavy atom. The van der Waals surface area contributed by atoms with Gasteiger partial charge in [0.05, 0.1) is 35.1 Å². The highest BCUT2D eigenvalue weighted by Crippen LogP contribution is 2.46. The molecular weight excluding hydrogens is 559 g/mol. The predicted molar refractivity (Wildman–Crippen MR) is 157 cm³/mol. The molecule has 1 saturated carbocycles. The van der Waals surface area contributed by atoms with Crippen molar-refractivity contribution in [3.63, 3.8) is 0 Å². The van der Waals surface area contributed by atoms with Crippen LogP contribution in [0.4, 0.5) is 4.39 Å². The van der Waals surface area contributed by atoms with Gasteiger partial charge in [-0.15, -0.1) is 0 Å². The molecule has 8 nitrogen and oxygen atoms in total. The minimum absolute atomic E-state index is 0.0362. The average molecular weight is 591 g/mol. The van der Waals surface area contributed by atoms with E-state index in [0.717, 1.165) is 35.6 Å². The Balaban J connectivity index is 1.48. The maximum absolute atomic E-state index is 16.0. The Labute approximate surface area is 243 Å². The Kier molecular flexibility index (Phi) is 6.93. The number of pyridine rings is 1. The van der Waals surface area contributed by atoms with E-state index in [2.05, 4.69) is 0 Å². The van der Waals surface area contributed by atoms with Crippen LogP contribution < -0.4 is 10.2 Å². The van der Waals surface area contributed by atoms with Gasteiger partial charge >= 0.3 is 5.97 Å². The topological polar surface area (TPSA) is 94.9 Å². The zero-order chi connectivity index (χ0) is 29.9. The first kappa shape index (κ1) is 28.1. The third-order valence-corrected chi connectivity index (χ3v) is 10.1. The Morgan fingerprint density at radius 3 is 2.45 bits per heavy atom. The lowest BCUT2D eigenvalue weighted by atomic mass is 9.95. The molecule has 1 aliphatic heterocycles. The van der Waals surface area contributed by atoms with E-state index in [9.17, 15) is 18.0 Å². The third-order valence-electron chi connectivity index (χ3n) is 8.13. The molecule has 0 radical (unpaired) electrons. The van der Waals surface area contributed by atoms with Gasteiger partial charge in [-0.25, -0.2) is 17.6 Å². The van der Waals surface area contributed by atoms with Gasteiger partial charge in [-0.2, -0.15) is 4.31 Å². The van der Waals surface area contributed by atoms with Crippen LogP contribution in [-0.4, -0.2) is 37.0 Å². The van der Waals surface area contributed by atoms with Gasteiger partial charge in [0.25, 0.3) is 0 Å². The quantitative estimate of drug-likeness (QED) is 0.249. The standard InChI is InChI=1S/C32H31FN2O6S/c1-5-41-32(37)26-17-34(22-10-11-22)29-25(30(26)36)15-27(33)28(31(29)40-4)20-8-9-21-16-35(19(3)24(21)14-20)42(38,39)23-12-6-18(2)7-13-23/h6-9,12-15,17,19,22H,5,10-11,16H2,1-4H3. The number of halogens is 1. The van der Waals surface area contributed by atoms with Crippen LogP contribution in [0, 0.1) is 12.7 Å². The van der Waals surface area contributed by atoms with E-state index in [4.69, 9.17) is 9.47 Å². The summed E-state index contributed by atoms with van der Waals surface area (Å²) < 4.78 is 57.1. The van der Waals surface area contributed by atoms with E-state index in [1.807, 2.05) is 24.5 Å². The normalized spacial score (nSPS) is 16.9. The van der Waals surface area contributed by atoms with Crippen LogP contribution >= 0.6 is 0 Å². The predicted octanol–water partition coefficient (Wildman–Crippen LogP) is 5.90. The molecule has 1 atom stereocenters. The number of esters is 1. The zero-order valence-electron chi connectivity index (χ0n) is 23.8. The lowest BCUT2D eigenvalue weighted by molar-refractivity contribution is 0.0524. The van der Waals surface area contributed by atoms with Gasteiger partial charge in [-0.05, 0) is 74.6 Å². The molecule has 3 aromatic carbocycles. The van der Waals surface area contributed by atoms with Crippen LogP contribution in [-0.2, 0) is 21.3 Å². The van der Waals surface area contributed by atoms with Gasteiger partial charge in [-0.3, -0.25) is 4.79 Å². The number of carbonyl (C=O) groups is 1. The molecule has 0 amide bonds. The van der Waals surface area contributed by atoms with E-state index in [1.54, 1.807) is 43.3 Å². The number of methoxy groups -OCH3 is 1. The number of fused-ring (bicyclic) bond motifs is 2. The van der Waals surface area contributed by atoms with Crippen molar-refractivity contribution in [3.05, 3.63) is 93.0 Å². The fourth-order valence-electron chi connectivity index (χ4n) is 5.80. The fraction of sp³-hybridized carbons (Fsp3) is 0.312. The molecule has 6 rings (SSSR count). The number of hydrogen-bond donors (Lipinski definition) is 0. The Bertz CT molecular complexity index is 1910. The Morgan fingerprint density at radius 2 is 1.81 bits per heavy atom. The van der Waals surface area contributed by atoms with Crippen LogP contribution in [0.15, 0.2) is 64.4 Å². The first-order valence-corrected chi connectivity index (χ1v) is 15.3. The van der Waals surface area contributed by atoms with Gasteiger partial charge in [-0.1, -0.05) is 29.8 Å². The fourth-order valence-corrected chi connectivity index (χ4v) is 7.39. The van der Waals surface area contributed by atoms with Crippen molar-refractivity contribution in [2.75, 3.05) is 13.7 Å². The monoisotopic (exact) mass is 590 g/mol. The lowest BCUT2D eigenvalue weighted by Crippen LogP contribution is -2.28. The summed E-state index contributed by atoms with van der Waals surface area (Å²) >= 11 is 0. The molecule has 0 saturated heterocycles. The molecule has 10 heteroatoms. The molecule has 1 aromatic heterocycles. The van der Waals surface area contributed by atoms with Gasteiger partial charge in [0.1, 0.15) is 11.4 Å². The first-order valence-electron chi connectivity index (χ1n) is 13.9. The second-order valence-corrected chi connectivity index (χ2v) is 12.7. The molecule has 0 bridgehead atoms. The first-order chi connectivity index (χ1) is 20.1. The van der Waals surface area contributed by atoms with Crippen LogP contribution in [0.5, 0.6) is 5.75 Å². The number of rotatable bonds is 7. The van der Waals surface area contributed by atoms with E-state index >= 15 is 4.39 Å². The number of hydrogen-bond acceptors (Lipinski definition) is 6. The molecule has 1 aliphatic carbocycles. The van der Waals surface area contributed by atoms with Crippen molar-refractivity contribution in [2.45, 2.75) is 57.1 Å². The molecule has 218 valence electrons. The minimum atomic E-state index is -3.77. The summed E-state index contributed by atoms with van der Waals surface area (Å²) in [5, 5.41) is 0.0375. The van der Waals surface area contributed by atoms with E-state index in [1.165, 1.54) is 17.6 Å². The van der Waals surface area contributed by atoms with E-state index in [-0.39, 0.29) is 46.4 Å². The summed E-state index contributed by atoms with van der Waals surface area (Å²) in [5.41, 5.74) is 2.86. The molecule has 4 aromatic rings. The van der Waals surface area contributed by atoms with Gasteiger partial charge in [0.15, 0.2) is 5.75 Å². The second kappa shape index (κ2) is 10.4. The lowest BCUT2D eigenvalue weighted by Gasteiger charge is -2.22. The number of sulfonamides is 1. The highest BCUT2D eigenvalue weighted by molar-refractivity contribution is 7.89. The van der Waals surface area contributed by atoms with Crippen LogP contribution in [0.2, 0.25) is 0 Å². The third kappa shape index (κ3) is 4.49. The van der Waals surface area contributed by atoms with Crippen molar-refractivity contribution in [3.8, 4) is 16.9 Å². The molecule has 0 N–H and O–H groups in total. The SMILES string of the molecule is CCOC(=O)c1cn(C2CC2)c2c(OC)c(-c3ccc4c(c3)C(C)N(S(=O)(=O)c3ccc(C)cc3)C4)c(F)cc2c1=O. The number of benzene rings is 3. The molecule has 0 spiro atoms. The van der Waals surface area contributed by atoms with E-state index in [0.29, 0.717) is 11.1 Å². The molecule has 42 heavy (non-hydrogen) atoms. The van der Waals surface area contributed by atoms with Crippen molar-refractivity contribution >= 4 is 26.9 Å². The van der Waals surface area contributed by atoms with Crippen LogP contribution in [0.25, 0.3) is 22.0 Å². The summed E-state index contributed by atoms with van der Waals surface area (Å²) in [6.45, 7) is 5.67.